The van der Waals surface area contributed by atoms with Gasteiger partial charge in [-0.3, -0.25) is 9.30 Å². The monoisotopic (exact) mass is 246 g/mol. The van der Waals surface area contributed by atoms with Crippen LogP contribution in [0.5, 0.6) is 5.75 Å². The number of rotatable bonds is 2. The molecule has 0 spiro atoms. The van der Waals surface area contributed by atoms with Gasteiger partial charge in [0.05, 0.1) is 6.04 Å². The summed E-state index contributed by atoms with van der Waals surface area (Å²) in [6.45, 7) is 5.52. The molecule has 5 heteroatoms. The molecule has 1 fully saturated rings. The Hall–Kier alpha value is -1.62. The molecule has 1 N–H and O–H groups in total. The highest BCUT2D eigenvalue weighted by molar-refractivity contribution is 5.52. The first-order valence-electron chi connectivity index (χ1n) is 6.47. The fourth-order valence-corrected chi connectivity index (χ4v) is 2.83. The van der Waals surface area contributed by atoms with Crippen LogP contribution >= 0.6 is 0 Å². The third-order valence-corrected chi connectivity index (χ3v) is 3.70. The van der Waals surface area contributed by atoms with Crippen LogP contribution in [-0.2, 0) is 0 Å². The summed E-state index contributed by atoms with van der Waals surface area (Å²) in [6, 6.07) is 4.27. The normalized spacial score (nSPS) is 21.2. The number of hydrogen-bond donors (Lipinski definition) is 1. The Morgan fingerprint density at radius 1 is 1.39 bits per heavy atom. The van der Waals surface area contributed by atoms with Crippen molar-refractivity contribution in [3.05, 3.63) is 24.2 Å². The Kier molecular flexibility index (Phi) is 2.70. The maximum atomic E-state index is 9.77. The Labute approximate surface area is 106 Å². The van der Waals surface area contributed by atoms with Crippen molar-refractivity contribution >= 4 is 5.65 Å². The maximum Gasteiger partial charge on any atom is 0.203 e. The number of aromatic hydroxyl groups is 1. The van der Waals surface area contributed by atoms with Gasteiger partial charge in [0, 0.05) is 12.2 Å². The van der Waals surface area contributed by atoms with Crippen LogP contribution in [0.15, 0.2) is 18.3 Å². The van der Waals surface area contributed by atoms with Gasteiger partial charge in [-0.15, -0.1) is 10.2 Å². The first-order chi connectivity index (χ1) is 8.68. The van der Waals surface area contributed by atoms with Crippen LogP contribution in [0, 0.1) is 0 Å². The van der Waals surface area contributed by atoms with E-state index in [4.69, 9.17) is 0 Å². The zero-order valence-electron chi connectivity index (χ0n) is 10.7. The first kappa shape index (κ1) is 11.5. The van der Waals surface area contributed by atoms with Crippen LogP contribution in [0.4, 0.5) is 0 Å². The van der Waals surface area contributed by atoms with Gasteiger partial charge in [0.25, 0.3) is 0 Å². The Balaban J connectivity index is 2.07. The van der Waals surface area contributed by atoms with Crippen molar-refractivity contribution in [2.45, 2.75) is 38.8 Å². The Bertz CT molecular complexity index is 563. The molecule has 96 valence electrons. The second-order valence-electron chi connectivity index (χ2n) is 5.13. The molecular formula is C13H18N4O. The van der Waals surface area contributed by atoms with E-state index in [1.165, 1.54) is 6.42 Å². The molecule has 5 nitrogen and oxygen atoms in total. The summed E-state index contributed by atoms with van der Waals surface area (Å²) < 4.78 is 1.90. The van der Waals surface area contributed by atoms with Gasteiger partial charge < -0.3 is 5.11 Å². The van der Waals surface area contributed by atoms with E-state index in [2.05, 4.69) is 28.9 Å². The molecule has 1 atom stereocenters. The predicted octanol–water partition coefficient (Wildman–Crippen LogP) is 1.98. The van der Waals surface area contributed by atoms with Gasteiger partial charge in [-0.25, -0.2) is 0 Å². The average molecular weight is 246 g/mol. The molecule has 0 bridgehead atoms. The molecule has 0 amide bonds. The summed E-state index contributed by atoms with van der Waals surface area (Å²) in [5.74, 6) is 1.12. The second-order valence-corrected chi connectivity index (χ2v) is 5.13. The standard InChI is InChI=1S/C13H18N4O/c1-9(2)16-7-3-5-10(16)12-14-15-13-11(18)6-4-8-17(12)13/h4,6,8-10,18H,3,5,7H2,1-2H3. The van der Waals surface area contributed by atoms with E-state index in [9.17, 15) is 5.11 Å². The van der Waals surface area contributed by atoms with Crippen LogP contribution < -0.4 is 0 Å². The topological polar surface area (TPSA) is 53.7 Å². The fraction of sp³-hybridized carbons (Fsp3) is 0.538. The molecule has 3 rings (SSSR count). The van der Waals surface area contributed by atoms with E-state index in [0.717, 1.165) is 18.8 Å². The minimum absolute atomic E-state index is 0.186. The molecule has 3 heterocycles. The highest BCUT2D eigenvalue weighted by Gasteiger charge is 2.31. The first-order valence-corrected chi connectivity index (χ1v) is 6.47. The predicted molar refractivity (Wildman–Crippen MR) is 68.5 cm³/mol. The summed E-state index contributed by atoms with van der Waals surface area (Å²) >= 11 is 0. The largest absolute Gasteiger partial charge is 0.504 e. The van der Waals surface area contributed by atoms with Crippen molar-refractivity contribution < 1.29 is 5.11 Å². The number of hydrogen-bond acceptors (Lipinski definition) is 4. The lowest BCUT2D eigenvalue weighted by atomic mass is 10.2. The van der Waals surface area contributed by atoms with Crippen LogP contribution in [0.25, 0.3) is 5.65 Å². The van der Waals surface area contributed by atoms with Crippen LogP contribution in [0.1, 0.15) is 38.6 Å². The van der Waals surface area contributed by atoms with Gasteiger partial charge in [-0.1, -0.05) is 0 Å². The second kappa shape index (κ2) is 4.24. The molecule has 0 aromatic carbocycles. The summed E-state index contributed by atoms with van der Waals surface area (Å²) in [5, 5.41) is 18.1. The molecule has 0 saturated carbocycles. The number of fused-ring (bicyclic) bond motifs is 1. The molecule has 1 aliphatic rings. The van der Waals surface area contributed by atoms with E-state index in [1.807, 2.05) is 16.7 Å². The van der Waals surface area contributed by atoms with E-state index in [-0.39, 0.29) is 5.75 Å². The van der Waals surface area contributed by atoms with Crippen molar-refractivity contribution in [2.75, 3.05) is 6.54 Å². The van der Waals surface area contributed by atoms with E-state index in [1.54, 1.807) is 6.07 Å². The third kappa shape index (κ3) is 1.66. The highest BCUT2D eigenvalue weighted by atomic mass is 16.3. The SMILES string of the molecule is CC(C)N1CCCC1c1nnc2c(O)cccn12. The van der Waals surface area contributed by atoms with Crippen LogP contribution in [0.3, 0.4) is 0 Å². The summed E-state index contributed by atoms with van der Waals surface area (Å²) in [4.78, 5) is 2.44. The minimum atomic E-state index is 0.186. The summed E-state index contributed by atoms with van der Waals surface area (Å²) in [7, 11) is 0. The van der Waals surface area contributed by atoms with Gasteiger partial charge in [0.15, 0.2) is 11.6 Å². The smallest absolute Gasteiger partial charge is 0.203 e. The molecule has 1 aliphatic heterocycles. The zero-order chi connectivity index (χ0) is 12.7. The molecule has 2 aromatic rings. The van der Waals surface area contributed by atoms with E-state index >= 15 is 0 Å². The van der Waals surface area contributed by atoms with Gasteiger partial charge in [0.2, 0.25) is 5.65 Å². The van der Waals surface area contributed by atoms with Crippen molar-refractivity contribution in [2.24, 2.45) is 0 Å². The maximum absolute atomic E-state index is 9.77. The lowest BCUT2D eigenvalue weighted by Gasteiger charge is -2.26. The quantitative estimate of drug-likeness (QED) is 0.880. The Morgan fingerprint density at radius 2 is 2.22 bits per heavy atom. The minimum Gasteiger partial charge on any atom is -0.504 e. The van der Waals surface area contributed by atoms with E-state index < -0.39 is 0 Å². The number of aromatic nitrogens is 3. The number of pyridine rings is 1. The average Bonchev–Trinajstić information content (AvgIpc) is 2.94. The van der Waals surface area contributed by atoms with Gasteiger partial charge >= 0.3 is 0 Å². The molecule has 0 radical (unpaired) electrons. The van der Waals surface area contributed by atoms with Crippen molar-refractivity contribution in [1.29, 1.82) is 0 Å². The molecule has 2 aromatic heterocycles. The fourth-order valence-electron chi connectivity index (χ4n) is 2.83. The van der Waals surface area contributed by atoms with Crippen molar-refractivity contribution in [3.63, 3.8) is 0 Å². The lowest BCUT2D eigenvalue weighted by Crippen LogP contribution is -2.31. The van der Waals surface area contributed by atoms with Crippen LogP contribution in [-0.4, -0.2) is 37.2 Å². The Morgan fingerprint density at radius 3 is 3.00 bits per heavy atom. The molecule has 18 heavy (non-hydrogen) atoms. The molecule has 1 saturated heterocycles. The van der Waals surface area contributed by atoms with Gasteiger partial charge in [-0.05, 0) is 45.4 Å². The van der Waals surface area contributed by atoms with Gasteiger partial charge in [0.1, 0.15) is 0 Å². The van der Waals surface area contributed by atoms with Gasteiger partial charge in [-0.2, -0.15) is 0 Å². The molecule has 1 unspecified atom stereocenters. The summed E-state index contributed by atoms with van der Waals surface area (Å²) in [6.07, 6.45) is 4.21. The molecular weight excluding hydrogens is 228 g/mol. The van der Waals surface area contributed by atoms with Crippen molar-refractivity contribution in [3.8, 4) is 5.75 Å². The van der Waals surface area contributed by atoms with Crippen molar-refractivity contribution in [1.82, 2.24) is 19.5 Å². The number of nitrogens with zero attached hydrogens (tertiary/aromatic N) is 4. The van der Waals surface area contributed by atoms with E-state index in [0.29, 0.717) is 17.7 Å². The lowest BCUT2D eigenvalue weighted by molar-refractivity contribution is 0.197. The molecule has 0 aliphatic carbocycles. The van der Waals surface area contributed by atoms with Crippen LogP contribution in [0.2, 0.25) is 0 Å². The number of likely N-dealkylation sites (tertiary alicyclic amines) is 1. The summed E-state index contributed by atoms with van der Waals surface area (Å²) in [5.41, 5.74) is 0.545. The third-order valence-electron chi connectivity index (χ3n) is 3.70. The highest BCUT2D eigenvalue weighted by Crippen LogP contribution is 2.33. The zero-order valence-corrected chi connectivity index (χ0v) is 10.7.